The van der Waals surface area contributed by atoms with Gasteiger partial charge in [0.15, 0.2) is 0 Å². The molecule has 70 valence electrons. The van der Waals surface area contributed by atoms with Crippen LogP contribution in [0, 0.1) is 0 Å². The van der Waals surface area contributed by atoms with E-state index in [1.165, 1.54) is 0 Å². The normalized spacial score (nSPS) is 10.1. The summed E-state index contributed by atoms with van der Waals surface area (Å²) in [5, 5.41) is 0. The lowest BCUT2D eigenvalue weighted by atomic mass is 10.1. The molecule has 2 rings (SSSR count). The molecule has 0 amide bonds. The molecule has 0 saturated heterocycles. The quantitative estimate of drug-likeness (QED) is 0.537. The number of nitrogens with two attached hydrogens (primary N) is 1. The average molecular weight is 201 g/mol. The molecule has 0 aliphatic carbocycles. The van der Waals surface area contributed by atoms with Gasteiger partial charge in [-0.15, -0.1) is 12.6 Å². The van der Waals surface area contributed by atoms with Gasteiger partial charge in [-0.05, 0) is 35.4 Å². The maximum absolute atomic E-state index is 5.71. The number of rotatable bonds is 1. The lowest BCUT2D eigenvalue weighted by Gasteiger charge is -2.02. The molecule has 0 saturated carbocycles. The Balaban J connectivity index is 2.44. The summed E-state index contributed by atoms with van der Waals surface area (Å²) in [6, 6.07) is 15.9. The molecule has 1 nitrogen and oxygen atoms in total. The van der Waals surface area contributed by atoms with E-state index in [1.54, 1.807) is 0 Å². The second kappa shape index (κ2) is 3.76. The summed E-state index contributed by atoms with van der Waals surface area (Å²) in [7, 11) is 0. The van der Waals surface area contributed by atoms with Crippen molar-refractivity contribution >= 4 is 18.3 Å². The fourth-order valence-electron chi connectivity index (χ4n) is 1.37. The first-order valence-corrected chi connectivity index (χ1v) is 4.85. The second-order valence-electron chi connectivity index (χ2n) is 3.17. The lowest BCUT2D eigenvalue weighted by Crippen LogP contribution is -1.84. The van der Waals surface area contributed by atoms with Gasteiger partial charge in [0.1, 0.15) is 0 Å². The zero-order valence-corrected chi connectivity index (χ0v) is 8.54. The van der Waals surface area contributed by atoms with E-state index in [9.17, 15) is 0 Å². The number of hydrogen-bond donors (Lipinski definition) is 2. The minimum Gasteiger partial charge on any atom is -0.399 e. The van der Waals surface area contributed by atoms with Crippen LogP contribution in [0.1, 0.15) is 0 Å². The van der Waals surface area contributed by atoms with Crippen LogP contribution < -0.4 is 5.73 Å². The molecular weight excluding hydrogens is 190 g/mol. The van der Waals surface area contributed by atoms with Crippen LogP contribution in [0.5, 0.6) is 0 Å². The maximum atomic E-state index is 5.71. The van der Waals surface area contributed by atoms with Crippen LogP contribution in [0.25, 0.3) is 11.1 Å². The predicted molar refractivity (Wildman–Crippen MR) is 63.5 cm³/mol. The van der Waals surface area contributed by atoms with Crippen molar-refractivity contribution in [3.63, 3.8) is 0 Å². The van der Waals surface area contributed by atoms with Crippen molar-refractivity contribution in [2.24, 2.45) is 0 Å². The van der Waals surface area contributed by atoms with Crippen molar-refractivity contribution in [2.75, 3.05) is 5.73 Å². The van der Waals surface area contributed by atoms with E-state index in [2.05, 4.69) is 12.6 Å². The summed E-state index contributed by atoms with van der Waals surface area (Å²) in [6.07, 6.45) is 0. The van der Waals surface area contributed by atoms with Gasteiger partial charge in [0.05, 0.1) is 0 Å². The Morgan fingerprint density at radius 2 is 1.57 bits per heavy atom. The van der Waals surface area contributed by atoms with Gasteiger partial charge < -0.3 is 5.73 Å². The number of thiol groups is 1. The van der Waals surface area contributed by atoms with Gasteiger partial charge in [0.2, 0.25) is 0 Å². The molecular formula is C12H11NS. The molecule has 0 heterocycles. The van der Waals surface area contributed by atoms with Crippen LogP contribution in [-0.2, 0) is 0 Å². The van der Waals surface area contributed by atoms with E-state index in [1.807, 2.05) is 48.5 Å². The average Bonchev–Trinajstić information content (AvgIpc) is 2.19. The van der Waals surface area contributed by atoms with E-state index in [0.29, 0.717) is 0 Å². The summed E-state index contributed by atoms with van der Waals surface area (Å²) >= 11 is 4.24. The lowest BCUT2D eigenvalue weighted by molar-refractivity contribution is 1.47. The molecule has 0 aliphatic rings. The third-order valence-corrected chi connectivity index (χ3v) is 2.39. The smallest absolute Gasteiger partial charge is 0.0320 e. The zero-order valence-electron chi connectivity index (χ0n) is 7.64. The Morgan fingerprint density at radius 1 is 0.857 bits per heavy atom. The molecule has 0 atom stereocenters. The SMILES string of the molecule is Nc1cccc(-c2ccc(S)cc2)c1. The van der Waals surface area contributed by atoms with Crippen LogP contribution >= 0.6 is 12.6 Å². The Bertz CT molecular complexity index is 434. The molecule has 2 aromatic rings. The summed E-state index contributed by atoms with van der Waals surface area (Å²) in [5.41, 5.74) is 8.80. The van der Waals surface area contributed by atoms with E-state index in [0.717, 1.165) is 21.7 Å². The monoisotopic (exact) mass is 201 g/mol. The molecule has 0 aliphatic heterocycles. The molecule has 2 heteroatoms. The van der Waals surface area contributed by atoms with Gasteiger partial charge in [0.25, 0.3) is 0 Å². The summed E-state index contributed by atoms with van der Waals surface area (Å²) in [6.45, 7) is 0. The standard InChI is InChI=1S/C12H11NS/c13-11-3-1-2-10(8-11)9-4-6-12(14)7-5-9/h1-8,14H,13H2. The van der Waals surface area contributed by atoms with Gasteiger partial charge in [0, 0.05) is 10.6 Å². The Kier molecular flexibility index (Phi) is 2.46. The number of anilines is 1. The van der Waals surface area contributed by atoms with E-state index < -0.39 is 0 Å². The van der Waals surface area contributed by atoms with Crippen molar-refractivity contribution in [1.82, 2.24) is 0 Å². The Hall–Kier alpha value is -1.41. The molecule has 0 unspecified atom stereocenters. The molecule has 2 aromatic carbocycles. The zero-order chi connectivity index (χ0) is 9.97. The third-order valence-electron chi connectivity index (χ3n) is 2.09. The van der Waals surface area contributed by atoms with Crippen molar-refractivity contribution in [3.05, 3.63) is 48.5 Å². The van der Waals surface area contributed by atoms with Gasteiger partial charge in [-0.1, -0.05) is 24.3 Å². The molecule has 0 radical (unpaired) electrons. The molecule has 14 heavy (non-hydrogen) atoms. The summed E-state index contributed by atoms with van der Waals surface area (Å²) < 4.78 is 0. The topological polar surface area (TPSA) is 26.0 Å². The van der Waals surface area contributed by atoms with Crippen molar-refractivity contribution in [1.29, 1.82) is 0 Å². The van der Waals surface area contributed by atoms with Gasteiger partial charge in [-0.25, -0.2) is 0 Å². The highest BCUT2D eigenvalue weighted by atomic mass is 32.1. The van der Waals surface area contributed by atoms with Crippen LogP contribution in [-0.4, -0.2) is 0 Å². The van der Waals surface area contributed by atoms with Gasteiger partial charge in [-0.3, -0.25) is 0 Å². The summed E-state index contributed by atoms with van der Waals surface area (Å²) in [4.78, 5) is 0.970. The predicted octanol–water partition coefficient (Wildman–Crippen LogP) is 3.22. The largest absolute Gasteiger partial charge is 0.399 e. The van der Waals surface area contributed by atoms with Crippen LogP contribution in [0.2, 0.25) is 0 Å². The molecule has 0 spiro atoms. The first-order chi connectivity index (χ1) is 6.75. The number of nitrogen functional groups attached to an aromatic ring is 1. The fraction of sp³-hybridized carbons (Fsp3) is 0. The van der Waals surface area contributed by atoms with Gasteiger partial charge >= 0.3 is 0 Å². The van der Waals surface area contributed by atoms with Crippen LogP contribution in [0.3, 0.4) is 0 Å². The van der Waals surface area contributed by atoms with E-state index >= 15 is 0 Å². The molecule has 0 bridgehead atoms. The molecule has 0 aromatic heterocycles. The van der Waals surface area contributed by atoms with Crippen molar-refractivity contribution in [3.8, 4) is 11.1 Å². The second-order valence-corrected chi connectivity index (χ2v) is 3.69. The van der Waals surface area contributed by atoms with Crippen molar-refractivity contribution < 1.29 is 0 Å². The Morgan fingerprint density at radius 3 is 2.21 bits per heavy atom. The van der Waals surface area contributed by atoms with Crippen molar-refractivity contribution in [2.45, 2.75) is 4.90 Å². The Labute approximate surface area is 89.0 Å². The highest BCUT2D eigenvalue weighted by Gasteiger charge is 1.96. The van der Waals surface area contributed by atoms with E-state index in [4.69, 9.17) is 5.73 Å². The fourth-order valence-corrected chi connectivity index (χ4v) is 1.52. The molecule has 2 N–H and O–H groups in total. The van der Waals surface area contributed by atoms with Crippen LogP contribution in [0.15, 0.2) is 53.4 Å². The minimum absolute atomic E-state index is 0.789. The van der Waals surface area contributed by atoms with Crippen LogP contribution in [0.4, 0.5) is 5.69 Å². The maximum Gasteiger partial charge on any atom is 0.0320 e. The first-order valence-electron chi connectivity index (χ1n) is 4.41. The van der Waals surface area contributed by atoms with Gasteiger partial charge in [-0.2, -0.15) is 0 Å². The highest BCUT2D eigenvalue weighted by Crippen LogP contribution is 2.22. The summed E-state index contributed by atoms with van der Waals surface area (Å²) in [5.74, 6) is 0. The minimum atomic E-state index is 0.789. The third kappa shape index (κ3) is 1.91. The number of benzene rings is 2. The number of hydrogen-bond acceptors (Lipinski definition) is 2. The highest BCUT2D eigenvalue weighted by molar-refractivity contribution is 7.80. The first kappa shape index (κ1) is 9.16. The molecule has 0 fully saturated rings. The van der Waals surface area contributed by atoms with E-state index in [-0.39, 0.29) is 0 Å².